The highest BCUT2D eigenvalue weighted by Gasteiger charge is 2.41. The average Bonchev–Trinajstić information content (AvgIpc) is 1.62. The number of piperidine rings is 3. The Morgan fingerprint density at radius 2 is 0.770 bits per heavy atom. The lowest BCUT2D eigenvalue weighted by molar-refractivity contribution is 0.0652. The van der Waals surface area contributed by atoms with Crippen LogP contribution in [0.3, 0.4) is 0 Å². The Kier molecular flexibility index (Phi) is 38.0. The average molecular weight is 2140 g/mol. The van der Waals surface area contributed by atoms with E-state index >= 15 is 4.39 Å². The second-order valence-electron chi connectivity index (χ2n) is 42.8. The summed E-state index contributed by atoms with van der Waals surface area (Å²) in [5.41, 5.74) is 3.03. The van der Waals surface area contributed by atoms with Gasteiger partial charge < -0.3 is 77.5 Å². The number of alkyl halides is 3. The molecule has 8 aromatic heterocycles. The second kappa shape index (κ2) is 49.9. The van der Waals surface area contributed by atoms with Gasteiger partial charge in [-0.15, -0.1) is 45.3 Å². The van der Waals surface area contributed by atoms with Gasteiger partial charge in [-0.25, -0.2) is 65.9 Å². The molecule has 5 saturated heterocycles. The minimum atomic E-state index is -3.06. The third kappa shape index (κ3) is 29.7. The van der Waals surface area contributed by atoms with Crippen LogP contribution in [-0.2, 0) is 9.84 Å². The molecule has 8 amide bonds. The lowest BCUT2D eigenvalue weighted by atomic mass is 9.94. The molecule has 148 heavy (non-hydrogen) atoms. The van der Waals surface area contributed by atoms with Crippen molar-refractivity contribution >= 4 is 126 Å². The number of anilines is 4. The Morgan fingerprint density at radius 3 is 1.14 bits per heavy atom. The number of carbonyl (C=O) groups excluding carboxylic acids is 8. The zero-order valence-corrected chi connectivity index (χ0v) is 90.7. The van der Waals surface area contributed by atoms with Gasteiger partial charge in [0.2, 0.25) is 0 Å². The molecule has 0 spiro atoms. The van der Waals surface area contributed by atoms with E-state index in [0.29, 0.717) is 97.7 Å². The number of amides is 8. The molecule has 9 aliphatic rings. The molecular weight excluding hydrogens is 2000 g/mol. The van der Waals surface area contributed by atoms with Crippen molar-refractivity contribution in [3.05, 3.63) is 113 Å². The summed E-state index contributed by atoms with van der Waals surface area (Å²) in [5, 5.41) is 64.8. The molecule has 802 valence electrons. The monoisotopic (exact) mass is 2140 g/mol. The van der Waals surface area contributed by atoms with Crippen LogP contribution in [0.4, 0.5) is 40.8 Å². The number of aliphatic hydroxyl groups is 3. The normalized spacial score (nSPS) is 18.6. The molecule has 4 aliphatic carbocycles. The van der Waals surface area contributed by atoms with E-state index in [2.05, 4.69) is 97.3 Å². The summed E-state index contributed by atoms with van der Waals surface area (Å²) >= 11 is 4.33. The minimum Gasteiger partial charge on any atom is -0.389 e. The van der Waals surface area contributed by atoms with E-state index < -0.39 is 86.6 Å². The third-order valence-corrected chi connectivity index (χ3v) is 34.4. The molecule has 9 fully saturated rings. The maximum absolute atomic E-state index is 15.5. The summed E-state index contributed by atoms with van der Waals surface area (Å²) in [6.45, 7) is 23.5. The summed E-state index contributed by atoms with van der Waals surface area (Å²) in [4.78, 5) is 150. The van der Waals surface area contributed by atoms with Gasteiger partial charge in [-0.2, -0.15) is 5.26 Å². The van der Waals surface area contributed by atoms with Crippen LogP contribution in [0.15, 0.2) is 36.9 Å². The molecule has 8 aromatic rings. The molecule has 0 unspecified atom stereocenters. The summed E-state index contributed by atoms with van der Waals surface area (Å²) in [5.74, 6) is -1.41. The van der Waals surface area contributed by atoms with Crippen molar-refractivity contribution in [1.29, 1.82) is 5.26 Å². The number of halogens is 4. The number of pyridine rings is 4. The highest BCUT2D eigenvalue weighted by Crippen LogP contribution is 2.44. The molecular formula is C105H141F4N21O13S5. The van der Waals surface area contributed by atoms with Crippen LogP contribution < -0.4 is 42.5 Å². The molecule has 17 rings (SSSR count). The number of nitrogens with one attached hydrogen (secondary N) is 8. The Labute approximate surface area is 879 Å². The standard InChI is InChI=1S/C28H40FN5O3S.C27H35FN6O3S.C26H35F2N5O3S.C24H31N5O4S2/c1-17(2)20-14-22(32-19-8-6-5-7-9-19)30-15-21(20)24-23(27(36)34-12-10-18(29)11-13-34)33-26(38-24)25(35)31-16-28(3,4)37;1-16-19(13-29)23(32-18-7-5-4-6-8-18)30-14-20(16)22-21(26(36)34-11-9-17(28)10-12-34)33-25(38-22)24(35)31-15-27(2,3)37;1-15-18(13-29-22(19(15)28)31-17-7-5-4-6-8-17)21-20(25(35)33-11-9-16(27)10-12-33)32-24(37-21)23(34)30-14-26(2,3)36;1-14-10-19(26-16-7-3-4-8-16)25-11-18(14)21-20(24(31)29-9-5-6-15(29)2)28-23(34-21)22(30)27-17-12-35(32,33)13-17/h14-15,17-19,37H,5-13,16H2,1-4H3,(H,30,32)(H,31,35);14,17-18,37H,4-12,15H2,1-3H3,(H,30,32)(H,31,35);13,16-17,36H,4-12,14H2,1-3H3,(H,29,31)(H,30,34);10-11,15-17H,3-9,12-13H2,1-2H3,(H,25,26)(H,27,30)/t;;;15-/m...0/s1. The number of likely N-dealkylation sites (tertiary alicyclic amines) is 4. The molecule has 5 aliphatic heterocycles. The quantitative estimate of drug-likeness (QED) is 0.0203. The first-order valence-electron chi connectivity index (χ1n) is 52.1. The van der Waals surface area contributed by atoms with E-state index in [-0.39, 0.29) is 173 Å². The van der Waals surface area contributed by atoms with Gasteiger partial charge in [0.25, 0.3) is 47.3 Å². The Hall–Kier alpha value is -10.9. The van der Waals surface area contributed by atoms with E-state index in [1.165, 1.54) is 56.0 Å². The maximum atomic E-state index is 15.5. The van der Waals surface area contributed by atoms with Crippen LogP contribution >= 0.6 is 45.3 Å². The van der Waals surface area contributed by atoms with Crippen molar-refractivity contribution < 1.29 is 79.7 Å². The Morgan fingerprint density at radius 1 is 0.432 bits per heavy atom. The van der Waals surface area contributed by atoms with Crippen molar-refractivity contribution in [3.8, 4) is 47.8 Å². The third-order valence-electron chi connectivity index (χ3n) is 28.3. The molecule has 34 nitrogen and oxygen atoms in total. The first-order chi connectivity index (χ1) is 70.3. The van der Waals surface area contributed by atoms with Crippen LogP contribution in [0.5, 0.6) is 0 Å². The number of thiazole rings is 4. The Bertz CT molecular complexity index is 6210. The topological polar surface area (TPSA) is 467 Å². The van der Waals surface area contributed by atoms with Gasteiger partial charge in [-0.3, -0.25) is 38.4 Å². The van der Waals surface area contributed by atoms with Crippen molar-refractivity contribution in [2.75, 3.05) is 98.2 Å². The van der Waals surface area contributed by atoms with Crippen molar-refractivity contribution in [2.24, 2.45) is 0 Å². The highest BCUT2D eigenvalue weighted by molar-refractivity contribution is 7.92. The van der Waals surface area contributed by atoms with Gasteiger partial charge in [0.1, 0.15) is 64.8 Å². The fourth-order valence-corrected chi connectivity index (χ4v) is 25.1. The molecule has 1 atom stereocenters. The first-order valence-corrected chi connectivity index (χ1v) is 57.2. The van der Waals surface area contributed by atoms with E-state index in [1.54, 1.807) is 83.8 Å². The molecule has 0 aromatic carbocycles. The van der Waals surface area contributed by atoms with Gasteiger partial charge in [-0.05, 0) is 212 Å². The van der Waals surface area contributed by atoms with Crippen LogP contribution in [-0.4, -0.2) is 279 Å². The number of aromatic nitrogens is 8. The van der Waals surface area contributed by atoms with Crippen molar-refractivity contribution in [2.45, 2.75) is 334 Å². The predicted octanol–water partition coefficient (Wildman–Crippen LogP) is 16.8. The summed E-state index contributed by atoms with van der Waals surface area (Å²) < 4.78 is 79.6. The van der Waals surface area contributed by atoms with Crippen molar-refractivity contribution in [1.82, 2.24) is 80.7 Å². The number of sulfone groups is 1. The first kappa shape index (κ1) is 113. The van der Waals surface area contributed by atoms with Gasteiger partial charge in [0.15, 0.2) is 41.5 Å². The molecule has 0 radical (unpaired) electrons. The number of carbonyl (C=O) groups is 8. The molecule has 43 heteroatoms. The zero-order chi connectivity index (χ0) is 106. The number of hydrogen-bond acceptors (Lipinski definition) is 30. The number of hydrogen-bond donors (Lipinski definition) is 11. The van der Waals surface area contributed by atoms with Gasteiger partial charge >= 0.3 is 0 Å². The van der Waals surface area contributed by atoms with E-state index in [0.717, 1.165) is 169 Å². The van der Waals surface area contributed by atoms with E-state index in [9.17, 15) is 80.5 Å². The number of nitrogens with zero attached hydrogens (tertiary/aromatic N) is 13. The number of rotatable bonds is 28. The molecule has 4 saturated carbocycles. The van der Waals surface area contributed by atoms with Crippen molar-refractivity contribution in [3.63, 3.8) is 0 Å². The predicted molar refractivity (Wildman–Crippen MR) is 567 cm³/mol. The lowest BCUT2D eigenvalue weighted by Gasteiger charge is -2.28. The molecule has 13 heterocycles. The summed E-state index contributed by atoms with van der Waals surface area (Å²) in [7, 11) is -3.06. The molecule has 11 N–H and O–H groups in total. The van der Waals surface area contributed by atoms with Gasteiger partial charge in [0.05, 0.1) is 59.4 Å². The lowest BCUT2D eigenvalue weighted by Crippen LogP contribution is -2.52. The smallest absolute Gasteiger partial charge is 0.280 e. The fourth-order valence-electron chi connectivity index (χ4n) is 19.7. The number of aryl methyl sites for hydroxylation is 1. The van der Waals surface area contributed by atoms with Crippen LogP contribution in [0.25, 0.3) is 41.8 Å². The van der Waals surface area contributed by atoms with Gasteiger partial charge in [0, 0.05) is 143 Å². The zero-order valence-electron chi connectivity index (χ0n) is 86.6. The SMILES string of the molecule is CC(C)c1cc(NC2CCCCC2)ncc1-c1sc(C(=O)NCC(C)(C)O)nc1C(=O)N1CCC(F)CC1.Cc1c(-c2sc(C(=O)NCC(C)(C)O)nc2C(=O)N2CCC(F)CC2)cnc(NC2CCCCC2)c1C#N.Cc1c(-c2sc(C(=O)NCC(C)(C)O)nc2C(=O)N2CCC(F)CC2)cnc(NC2CCCCC2)c1F.Cc1cc(NC2CCCC2)ncc1-c1sc(C(=O)NC2CS(=O)(=O)C2)nc1C(=O)N1CCC[C@@H]1C. The minimum absolute atomic E-state index is 0.00867. The highest BCUT2D eigenvalue weighted by atomic mass is 32.2. The maximum Gasteiger partial charge on any atom is 0.280 e. The fraction of sp³-hybridized carbons (Fsp3) is 0.610. The van der Waals surface area contributed by atoms with E-state index in [1.807, 2.05) is 30.9 Å². The van der Waals surface area contributed by atoms with Crippen LogP contribution in [0, 0.1) is 37.9 Å². The second-order valence-corrected chi connectivity index (χ2v) is 48.9. The van der Waals surface area contributed by atoms with Crippen LogP contribution in [0.1, 0.15) is 351 Å². The largest absolute Gasteiger partial charge is 0.389 e. The Balaban J connectivity index is 0.000000156. The molecule has 0 bridgehead atoms. The summed E-state index contributed by atoms with van der Waals surface area (Å²) in [6.07, 6.45) is 28.9. The number of nitriles is 1. The van der Waals surface area contributed by atoms with E-state index in [4.69, 9.17) is 4.98 Å². The summed E-state index contributed by atoms with van der Waals surface area (Å²) in [6, 6.07) is 7.28. The van der Waals surface area contributed by atoms with Crippen LogP contribution in [0.2, 0.25) is 0 Å². The van der Waals surface area contributed by atoms with Gasteiger partial charge in [-0.1, -0.05) is 84.5 Å².